The normalized spacial score (nSPS) is 22.2. The molecule has 0 bridgehead atoms. The molecule has 3 nitrogen and oxygen atoms in total. The zero-order valence-electron chi connectivity index (χ0n) is 6.87. The molecule has 0 aromatic heterocycles. The fourth-order valence-electron chi connectivity index (χ4n) is 1.11. The van der Waals surface area contributed by atoms with Crippen molar-refractivity contribution in [1.82, 2.24) is 0 Å². The second kappa shape index (κ2) is 3.22. The molecule has 0 aliphatic heterocycles. The fraction of sp³-hybridized carbons (Fsp3) is 0.333. The highest BCUT2D eigenvalue weighted by Gasteiger charge is 2.15. The first-order valence-corrected chi connectivity index (χ1v) is 3.76. The van der Waals surface area contributed by atoms with Gasteiger partial charge in [0.05, 0.1) is 6.07 Å². The van der Waals surface area contributed by atoms with Crippen LogP contribution < -0.4 is 5.73 Å². The number of nitrogens with zero attached hydrogens (tertiary/aromatic N) is 1. The van der Waals surface area contributed by atoms with Gasteiger partial charge in [-0.2, -0.15) is 5.26 Å². The molecule has 12 heavy (non-hydrogen) atoms. The zero-order valence-corrected chi connectivity index (χ0v) is 6.87. The summed E-state index contributed by atoms with van der Waals surface area (Å²) in [6, 6.07) is 2.05. The Labute approximate surface area is 71.2 Å². The third-order valence-electron chi connectivity index (χ3n) is 1.95. The summed E-state index contributed by atoms with van der Waals surface area (Å²) in [4.78, 5) is 10.7. The van der Waals surface area contributed by atoms with E-state index in [1.807, 2.05) is 6.92 Å². The minimum Gasteiger partial charge on any atom is -0.366 e. The summed E-state index contributed by atoms with van der Waals surface area (Å²) in [6.07, 6.45) is 4.06. The number of nitriles is 1. The van der Waals surface area contributed by atoms with E-state index in [-0.39, 0.29) is 5.92 Å². The summed E-state index contributed by atoms with van der Waals surface area (Å²) in [5.41, 5.74) is 6.15. The molecule has 0 aromatic rings. The van der Waals surface area contributed by atoms with E-state index >= 15 is 0 Å². The number of nitrogens with two attached hydrogens (primary N) is 1. The first-order valence-electron chi connectivity index (χ1n) is 3.76. The van der Waals surface area contributed by atoms with Gasteiger partial charge in [0.2, 0.25) is 5.91 Å². The van der Waals surface area contributed by atoms with Crippen LogP contribution in [0, 0.1) is 17.2 Å². The molecule has 0 saturated carbocycles. The van der Waals surface area contributed by atoms with Crippen molar-refractivity contribution in [2.75, 3.05) is 0 Å². The lowest BCUT2D eigenvalue weighted by Gasteiger charge is -2.12. The van der Waals surface area contributed by atoms with Crippen molar-refractivity contribution in [2.24, 2.45) is 11.7 Å². The number of allylic oxidation sites excluding steroid dienone is 2. The van der Waals surface area contributed by atoms with Gasteiger partial charge in [0.1, 0.15) is 0 Å². The summed E-state index contributed by atoms with van der Waals surface area (Å²) in [6.45, 7) is 1.95. The largest absolute Gasteiger partial charge is 0.366 e. The molecule has 1 aliphatic carbocycles. The number of hydrogen-bond donors (Lipinski definition) is 1. The average molecular weight is 162 g/mol. The molecule has 0 aromatic carbocycles. The molecule has 0 radical (unpaired) electrons. The molecule has 3 heteroatoms. The molecule has 1 amide bonds. The van der Waals surface area contributed by atoms with E-state index in [0.717, 1.165) is 6.42 Å². The van der Waals surface area contributed by atoms with Gasteiger partial charge in [-0.3, -0.25) is 4.79 Å². The maximum atomic E-state index is 10.7. The lowest BCUT2D eigenvalue weighted by Crippen LogP contribution is -2.16. The van der Waals surface area contributed by atoms with E-state index in [1.165, 1.54) is 0 Å². The number of hydrogen-bond acceptors (Lipinski definition) is 2. The molecule has 0 saturated heterocycles. The number of primary amides is 1. The average Bonchev–Trinajstić information content (AvgIpc) is 2.05. The molecule has 1 rings (SSSR count). The number of carbonyl (C=O) groups excluding carboxylic acids is 1. The van der Waals surface area contributed by atoms with Crippen LogP contribution in [-0.4, -0.2) is 5.91 Å². The smallest absolute Gasteiger partial charge is 0.248 e. The van der Waals surface area contributed by atoms with Crippen molar-refractivity contribution >= 4 is 5.91 Å². The zero-order chi connectivity index (χ0) is 9.14. The van der Waals surface area contributed by atoms with Gasteiger partial charge in [0.25, 0.3) is 0 Å². The Balaban J connectivity index is 2.94. The Kier molecular flexibility index (Phi) is 2.29. The monoisotopic (exact) mass is 162 g/mol. The summed E-state index contributed by atoms with van der Waals surface area (Å²) >= 11 is 0. The standard InChI is InChI=1S/C9H10N2O/c1-6-2-3-7(9(11)12)4-8(6)5-10/h3-4,6H,2H2,1H3,(H2,11,12). The van der Waals surface area contributed by atoms with Gasteiger partial charge in [-0.1, -0.05) is 13.0 Å². The van der Waals surface area contributed by atoms with Crippen LogP contribution in [0.3, 0.4) is 0 Å². The van der Waals surface area contributed by atoms with Gasteiger partial charge in [0, 0.05) is 11.1 Å². The Morgan fingerprint density at radius 3 is 3.00 bits per heavy atom. The Hall–Kier alpha value is -1.56. The molecule has 1 atom stereocenters. The van der Waals surface area contributed by atoms with Crippen LogP contribution >= 0.6 is 0 Å². The highest BCUT2D eigenvalue weighted by atomic mass is 16.1. The van der Waals surface area contributed by atoms with Crippen LogP contribution in [0.25, 0.3) is 0 Å². The second-order valence-corrected chi connectivity index (χ2v) is 2.87. The van der Waals surface area contributed by atoms with E-state index in [2.05, 4.69) is 6.07 Å². The highest BCUT2D eigenvalue weighted by molar-refractivity contribution is 5.95. The predicted molar refractivity (Wildman–Crippen MR) is 44.8 cm³/mol. The molecule has 2 N–H and O–H groups in total. The Morgan fingerprint density at radius 2 is 2.50 bits per heavy atom. The van der Waals surface area contributed by atoms with Crippen LogP contribution in [0.15, 0.2) is 23.3 Å². The summed E-state index contributed by atoms with van der Waals surface area (Å²) < 4.78 is 0. The molecule has 0 heterocycles. The summed E-state index contributed by atoms with van der Waals surface area (Å²) in [5, 5.41) is 8.66. The van der Waals surface area contributed by atoms with E-state index in [0.29, 0.717) is 11.1 Å². The maximum absolute atomic E-state index is 10.7. The van der Waals surface area contributed by atoms with E-state index in [1.54, 1.807) is 12.2 Å². The first kappa shape index (κ1) is 8.54. The van der Waals surface area contributed by atoms with Gasteiger partial charge in [-0.25, -0.2) is 0 Å². The number of carbonyl (C=O) groups is 1. The van der Waals surface area contributed by atoms with Crippen molar-refractivity contribution in [2.45, 2.75) is 13.3 Å². The van der Waals surface area contributed by atoms with Gasteiger partial charge in [-0.05, 0) is 18.4 Å². The Bertz CT molecular complexity index is 307. The van der Waals surface area contributed by atoms with Crippen molar-refractivity contribution in [3.63, 3.8) is 0 Å². The maximum Gasteiger partial charge on any atom is 0.248 e. The minimum absolute atomic E-state index is 0.207. The van der Waals surface area contributed by atoms with Crippen LogP contribution in [0.4, 0.5) is 0 Å². The predicted octanol–water partition coefficient (Wildman–Crippen LogP) is 0.888. The van der Waals surface area contributed by atoms with Gasteiger partial charge in [-0.15, -0.1) is 0 Å². The lowest BCUT2D eigenvalue weighted by atomic mass is 9.90. The molecule has 1 aliphatic rings. The van der Waals surface area contributed by atoms with Gasteiger partial charge < -0.3 is 5.73 Å². The van der Waals surface area contributed by atoms with Crippen molar-refractivity contribution < 1.29 is 4.79 Å². The minimum atomic E-state index is -0.463. The number of rotatable bonds is 1. The lowest BCUT2D eigenvalue weighted by molar-refractivity contribution is -0.114. The van der Waals surface area contributed by atoms with E-state index < -0.39 is 5.91 Å². The second-order valence-electron chi connectivity index (χ2n) is 2.87. The third kappa shape index (κ3) is 1.54. The molecule has 0 fully saturated rings. The quantitative estimate of drug-likeness (QED) is 0.622. The molecule has 0 spiro atoms. The highest BCUT2D eigenvalue weighted by Crippen LogP contribution is 2.22. The van der Waals surface area contributed by atoms with Crippen molar-refractivity contribution in [3.8, 4) is 6.07 Å². The third-order valence-corrected chi connectivity index (χ3v) is 1.95. The van der Waals surface area contributed by atoms with Crippen LogP contribution in [0.1, 0.15) is 13.3 Å². The van der Waals surface area contributed by atoms with Crippen LogP contribution in [0.2, 0.25) is 0 Å². The van der Waals surface area contributed by atoms with Crippen molar-refractivity contribution in [1.29, 1.82) is 5.26 Å². The molecule has 62 valence electrons. The Morgan fingerprint density at radius 1 is 1.83 bits per heavy atom. The SMILES string of the molecule is CC1CC=C(C(N)=O)C=C1C#N. The summed E-state index contributed by atoms with van der Waals surface area (Å²) in [5.74, 6) is -0.257. The number of amides is 1. The van der Waals surface area contributed by atoms with Gasteiger partial charge in [0.15, 0.2) is 0 Å². The van der Waals surface area contributed by atoms with E-state index in [9.17, 15) is 4.79 Å². The van der Waals surface area contributed by atoms with E-state index in [4.69, 9.17) is 11.0 Å². The first-order chi connectivity index (χ1) is 5.65. The molecular weight excluding hydrogens is 152 g/mol. The fourth-order valence-corrected chi connectivity index (χ4v) is 1.11. The topological polar surface area (TPSA) is 66.9 Å². The summed E-state index contributed by atoms with van der Waals surface area (Å²) in [7, 11) is 0. The van der Waals surface area contributed by atoms with Crippen LogP contribution in [-0.2, 0) is 4.79 Å². The van der Waals surface area contributed by atoms with Crippen molar-refractivity contribution in [3.05, 3.63) is 23.3 Å². The van der Waals surface area contributed by atoms with Crippen LogP contribution in [0.5, 0.6) is 0 Å². The van der Waals surface area contributed by atoms with Gasteiger partial charge >= 0.3 is 0 Å². The molecular formula is C9H10N2O. The molecule has 1 unspecified atom stereocenters.